The molecule has 3 aromatic rings. The van der Waals surface area contributed by atoms with Crippen LogP contribution in [0.1, 0.15) is 20.7 Å². The smallest absolute Gasteiger partial charge is 0.871 e. The second-order valence-electron chi connectivity index (χ2n) is 6.76. The zero-order valence-electron chi connectivity index (χ0n) is 19.4. The van der Waals surface area contributed by atoms with E-state index >= 15 is 0 Å². The van der Waals surface area contributed by atoms with Crippen LogP contribution in [0.5, 0.6) is 11.5 Å². The summed E-state index contributed by atoms with van der Waals surface area (Å²) in [7, 11) is -10.5. The van der Waals surface area contributed by atoms with Gasteiger partial charge in [-0.25, -0.2) is 18.0 Å². The minimum absolute atomic E-state index is 0. The molecule has 0 aliphatic rings. The Morgan fingerprint density at radius 2 is 1.26 bits per heavy atom. The van der Waals surface area contributed by atoms with Gasteiger partial charge in [-0.1, -0.05) is 5.75 Å². The first-order valence-electron chi connectivity index (χ1n) is 9.05. The number of carboxylic acid groups (broad SMARTS) is 2. The number of nitrogens with one attached hydrogen (secondary N) is 2. The van der Waals surface area contributed by atoms with Crippen molar-refractivity contribution in [2.75, 3.05) is 10.6 Å². The first kappa shape index (κ1) is 34.7. The van der Waals surface area contributed by atoms with Gasteiger partial charge in [-0.3, -0.25) is 4.55 Å². The summed E-state index contributed by atoms with van der Waals surface area (Å²) in [4.78, 5) is 31.2. The second kappa shape index (κ2) is 12.9. The van der Waals surface area contributed by atoms with E-state index in [4.69, 9.17) is 16.7 Å². The molecular weight excluding hydrogens is 612 g/mol. The van der Waals surface area contributed by atoms with Crippen molar-refractivity contribution < 1.29 is 115 Å². The molecular formula is C17H10ClN5Na2O12S2. The van der Waals surface area contributed by atoms with Gasteiger partial charge in [0.15, 0.2) is 0 Å². The van der Waals surface area contributed by atoms with Crippen LogP contribution >= 0.6 is 11.6 Å². The van der Waals surface area contributed by atoms with Gasteiger partial charge in [0.05, 0.1) is 15.4 Å². The Labute approximate surface area is 267 Å². The number of phenols is 1. The Morgan fingerprint density at radius 1 is 0.821 bits per heavy atom. The van der Waals surface area contributed by atoms with Gasteiger partial charge < -0.3 is 35.6 Å². The molecule has 22 heteroatoms. The number of benzene rings is 2. The molecule has 0 aliphatic carbocycles. The standard InChI is InChI=1S/C17H12ClN5O12S2.2Na/c18-15-21-16(19-5-1-7(13(26)27)11(24)9(3-5)36(30,31)32)23-17(22-15)20-6-2-8(14(28)29)12(25)10(4-6)37(33,34)35;;/h1-4,24-25H,(H,26,27)(H,28,29)(H,30,31,32)(H,33,34,35)(H2,19,20,21,22,23);;/q;2*+1/p-2. The Balaban J connectivity index is 0.00000380. The number of hydrogen-bond donors (Lipinski definition) is 6. The first-order valence-corrected chi connectivity index (χ1v) is 12.3. The molecule has 17 nitrogen and oxygen atoms in total. The van der Waals surface area contributed by atoms with E-state index in [0.29, 0.717) is 18.2 Å². The van der Waals surface area contributed by atoms with Crippen molar-refractivity contribution in [3.8, 4) is 11.5 Å². The zero-order valence-corrected chi connectivity index (χ0v) is 25.8. The molecule has 0 atom stereocenters. The van der Waals surface area contributed by atoms with Gasteiger partial charge in [0.1, 0.15) is 21.4 Å². The summed E-state index contributed by atoms with van der Waals surface area (Å²) in [6, 6.07) is 2.61. The predicted octanol–water partition coefficient (Wildman–Crippen LogP) is -5.65. The fourth-order valence-electron chi connectivity index (χ4n) is 2.78. The average Bonchev–Trinajstić information content (AvgIpc) is 2.73. The Morgan fingerprint density at radius 3 is 1.67 bits per heavy atom. The van der Waals surface area contributed by atoms with Gasteiger partial charge in [-0.15, -0.1) is 0 Å². The quantitative estimate of drug-likeness (QED) is 0.0775. The number of hydrogen-bond acceptors (Lipinski definition) is 14. The molecule has 39 heavy (non-hydrogen) atoms. The minimum atomic E-state index is -5.33. The number of carbonyl (C=O) groups is 2. The monoisotopic (exact) mass is 621 g/mol. The third-order valence-corrected chi connectivity index (χ3v) is 6.14. The van der Waals surface area contributed by atoms with Crippen molar-refractivity contribution in [1.29, 1.82) is 0 Å². The number of aromatic nitrogens is 3. The average molecular weight is 622 g/mol. The SMILES string of the molecule is O=C(O)c1cc(Nc2nc(Cl)nc(Nc3cc(C(=O)O)c(O)c(S(=O)(=O)[O-])c3)n2)cc(S(=O)(=O)O)c1[O-].[Na+].[Na+]. The van der Waals surface area contributed by atoms with Crippen molar-refractivity contribution >= 4 is 67.0 Å². The van der Waals surface area contributed by atoms with Crippen LogP contribution in [0.2, 0.25) is 5.28 Å². The Kier molecular flexibility index (Phi) is 11.5. The molecule has 0 fully saturated rings. The van der Waals surface area contributed by atoms with Gasteiger partial charge in [0, 0.05) is 11.4 Å². The van der Waals surface area contributed by atoms with Gasteiger partial charge in [-0.05, 0) is 35.9 Å². The maximum absolute atomic E-state index is 12.0. The molecule has 0 unspecified atom stereocenters. The normalized spacial score (nSPS) is 11.1. The molecule has 1 aromatic heterocycles. The van der Waals surface area contributed by atoms with E-state index in [1.54, 1.807) is 0 Å². The zero-order chi connectivity index (χ0) is 27.9. The maximum atomic E-state index is 12.0. The summed E-state index contributed by atoms with van der Waals surface area (Å²) in [5.74, 6) is -7.43. The number of rotatable bonds is 8. The van der Waals surface area contributed by atoms with E-state index in [0.717, 1.165) is 6.07 Å². The van der Waals surface area contributed by atoms with Crippen LogP contribution in [-0.2, 0) is 20.2 Å². The van der Waals surface area contributed by atoms with E-state index < -0.39 is 93.1 Å². The van der Waals surface area contributed by atoms with E-state index in [9.17, 15) is 50.8 Å². The molecule has 196 valence electrons. The van der Waals surface area contributed by atoms with E-state index in [2.05, 4.69) is 25.6 Å². The van der Waals surface area contributed by atoms with Gasteiger partial charge in [0.2, 0.25) is 17.2 Å². The first-order chi connectivity index (χ1) is 17.0. The van der Waals surface area contributed by atoms with Gasteiger partial charge in [-0.2, -0.15) is 23.4 Å². The van der Waals surface area contributed by atoms with Crippen LogP contribution in [0, 0.1) is 0 Å². The summed E-state index contributed by atoms with van der Waals surface area (Å²) >= 11 is 5.80. The number of anilines is 4. The molecule has 0 saturated heterocycles. The minimum Gasteiger partial charge on any atom is -0.871 e. The largest absolute Gasteiger partial charge is 1.00 e. The van der Waals surface area contributed by atoms with E-state index in [-0.39, 0.29) is 59.1 Å². The Hall–Kier alpha value is -2.30. The van der Waals surface area contributed by atoms with Crippen LogP contribution in [0.15, 0.2) is 34.1 Å². The molecule has 0 radical (unpaired) electrons. The number of nitrogens with zero attached hydrogens (tertiary/aromatic N) is 3. The molecule has 6 N–H and O–H groups in total. The third-order valence-electron chi connectivity index (χ3n) is 4.26. The summed E-state index contributed by atoms with van der Waals surface area (Å²) < 4.78 is 66.4. The van der Waals surface area contributed by atoms with Crippen LogP contribution in [0.25, 0.3) is 0 Å². The third kappa shape index (κ3) is 8.35. The molecule has 0 spiro atoms. The molecule has 2 aromatic carbocycles. The molecule has 0 saturated carbocycles. The van der Waals surface area contributed by atoms with Crippen molar-refractivity contribution in [1.82, 2.24) is 15.0 Å². The van der Waals surface area contributed by atoms with Crippen molar-refractivity contribution in [3.05, 3.63) is 40.7 Å². The van der Waals surface area contributed by atoms with E-state index in [1.165, 1.54) is 0 Å². The molecule has 0 bridgehead atoms. The van der Waals surface area contributed by atoms with Crippen molar-refractivity contribution in [2.24, 2.45) is 0 Å². The van der Waals surface area contributed by atoms with Crippen LogP contribution in [0.4, 0.5) is 23.3 Å². The van der Waals surface area contributed by atoms with Gasteiger partial charge >= 0.3 is 71.1 Å². The van der Waals surface area contributed by atoms with Crippen LogP contribution in [0.3, 0.4) is 0 Å². The number of aromatic hydroxyl groups is 1. The molecule has 1 heterocycles. The summed E-state index contributed by atoms with van der Waals surface area (Å²) in [5, 5.41) is 44.3. The molecule has 0 amide bonds. The fourth-order valence-corrected chi connectivity index (χ4v) is 4.18. The predicted molar refractivity (Wildman–Crippen MR) is 117 cm³/mol. The van der Waals surface area contributed by atoms with Crippen molar-refractivity contribution in [3.63, 3.8) is 0 Å². The molecule has 3 rings (SSSR count). The second-order valence-corrected chi connectivity index (χ2v) is 9.84. The van der Waals surface area contributed by atoms with E-state index in [1.807, 2.05) is 0 Å². The number of halogens is 1. The number of carboxylic acids is 2. The number of aromatic carboxylic acids is 2. The molecule has 0 aliphatic heterocycles. The topological polar surface area (TPSA) is 292 Å². The Bertz CT molecular complexity index is 1570. The van der Waals surface area contributed by atoms with Gasteiger partial charge in [0.25, 0.3) is 10.1 Å². The van der Waals surface area contributed by atoms with Crippen LogP contribution < -0.4 is 74.9 Å². The summed E-state index contributed by atoms with van der Waals surface area (Å²) in [6.45, 7) is 0. The summed E-state index contributed by atoms with van der Waals surface area (Å²) in [6.07, 6.45) is 0. The fraction of sp³-hybridized carbons (Fsp3) is 0. The van der Waals surface area contributed by atoms with Crippen molar-refractivity contribution in [2.45, 2.75) is 9.79 Å². The summed E-state index contributed by atoms with van der Waals surface area (Å²) in [5.41, 5.74) is -2.81. The van der Waals surface area contributed by atoms with Crippen LogP contribution in [-0.4, -0.2) is 68.2 Å². The maximum Gasteiger partial charge on any atom is 1.00 e.